The highest BCUT2D eigenvalue weighted by atomic mass is 19.1. The lowest BCUT2D eigenvalue weighted by molar-refractivity contribution is 0.101. The van der Waals surface area contributed by atoms with Crippen LogP contribution in [0.3, 0.4) is 0 Å². The number of fused-ring (bicyclic) bond motifs is 1. The van der Waals surface area contributed by atoms with E-state index in [1.54, 1.807) is 17.0 Å². The second kappa shape index (κ2) is 8.22. The van der Waals surface area contributed by atoms with Gasteiger partial charge >= 0.3 is 6.03 Å². The van der Waals surface area contributed by atoms with Crippen LogP contribution in [0.15, 0.2) is 36.4 Å². The molecular weight excluding hydrogens is 389 g/mol. The van der Waals surface area contributed by atoms with Crippen molar-refractivity contribution in [2.24, 2.45) is 0 Å². The van der Waals surface area contributed by atoms with E-state index in [0.29, 0.717) is 48.9 Å². The van der Waals surface area contributed by atoms with E-state index in [0.717, 1.165) is 5.56 Å². The SMILES string of the molecule is CC(=O)c1ccc(N2CCN(C(=O)NC(C)c3ccc4c(c3)OCO4)CC2)c(F)c1. The van der Waals surface area contributed by atoms with E-state index in [4.69, 9.17) is 9.47 Å². The summed E-state index contributed by atoms with van der Waals surface area (Å²) < 4.78 is 25.1. The number of hydrogen-bond donors (Lipinski definition) is 1. The van der Waals surface area contributed by atoms with Crippen LogP contribution in [0.1, 0.15) is 35.8 Å². The molecule has 2 aliphatic heterocycles. The zero-order valence-corrected chi connectivity index (χ0v) is 17.0. The molecule has 0 bridgehead atoms. The number of ketones is 1. The van der Waals surface area contributed by atoms with E-state index >= 15 is 0 Å². The van der Waals surface area contributed by atoms with Crippen LogP contribution in [0, 0.1) is 5.82 Å². The molecule has 0 aliphatic carbocycles. The molecule has 1 N–H and O–H groups in total. The molecule has 2 aromatic rings. The minimum atomic E-state index is -0.419. The highest BCUT2D eigenvalue weighted by molar-refractivity contribution is 5.94. The molecule has 0 spiro atoms. The van der Waals surface area contributed by atoms with Crippen LogP contribution in [0.4, 0.5) is 14.9 Å². The van der Waals surface area contributed by atoms with Crippen LogP contribution in [-0.2, 0) is 0 Å². The maximum absolute atomic E-state index is 14.4. The number of piperazine rings is 1. The molecule has 2 heterocycles. The smallest absolute Gasteiger partial charge is 0.317 e. The first kappa shape index (κ1) is 20.0. The van der Waals surface area contributed by atoms with Crippen molar-refractivity contribution in [1.82, 2.24) is 10.2 Å². The molecule has 158 valence electrons. The average molecular weight is 413 g/mol. The molecule has 0 aromatic heterocycles. The van der Waals surface area contributed by atoms with Crippen LogP contribution in [0.5, 0.6) is 11.5 Å². The summed E-state index contributed by atoms with van der Waals surface area (Å²) in [5.74, 6) is 0.799. The van der Waals surface area contributed by atoms with E-state index in [-0.39, 0.29) is 24.6 Å². The van der Waals surface area contributed by atoms with Gasteiger partial charge in [-0.15, -0.1) is 0 Å². The van der Waals surface area contributed by atoms with Gasteiger partial charge in [-0.25, -0.2) is 9.18 Å². The summed E-state index contributed by atoms with van der Waals surface area (Å²) >= 11 is 0. The molecule has 1 unspecified atom stereocenters. The minimum Gasteiger partial charge on any atom is -0.454 e. The topological polar surface area (TPSA) is 71.1 Å². The number of nitrogens with one attached hydrogen (secondary N) is 1. The predicted octanol–water partition coefficient (Wildman–Crippen LogP) is 3.35. The van der Waals surface area contributed by atoms with Gasteiger partial charge in [0.25, 0.3) is 0 Å². The number of anilines is 1. The predicted molar refractivity (Wildman–Crippen MR) is 110 cm³/mol. The van der Waals surface area contributed by atoms with Gasteiger partial charge in [0, 0.05) is 31.7 Å². The van der Waals surface area contributed by atoms with E-state index in [1.165, 1.54) is 13.0 Å². The molecule has 8 heteroatoms. The largest absolute Gasteiger partial charge is 0.454 e. The number of carbonyl (C=O) groups is 2. The third kappa shape index (κ3) is 4.03. The van der Waals surface area contributed by atoms with Gasteiger partial charge in [-0.1, -0.05) is 6.07 Å². The Balaban J connectivity index is 1.33. The van der Waals surface area contributed by atoms with Gasteiger partial charge in [-0.2, -0.15) is 0 Å². The van der Waals surface area contributed by atoms with Crippen LogP contribution < -0.4 is 19.7 Å². The number of ether oxygens (including phenoxy) is 2. The highest BCUT2D eigenvalue weighted by Crippen LogP contribution is 2.34. The minimum absolute atomic E-state index is 0.160. The van der Waals surface area contributed by atoms with Gasteiger partial charge in [-0.05, 0) is 49.7 Å². The molecule has 0 saturated carbocycles. The first-order valence-electron chi connectivity index (χ1n) is 9.93. The molecule has 30 heavy (non-hydrogen) atoms. The first-order valence-corrected chi connectivity index (χ1v) is 9.93. The molecule has 2 aliphatic rings. The number of Topliss-reactive ketones (excluding diaryl/α,β-unsaturated/α-hetero) is 1. The van der Waals surface area contributed by atoms with E-state index in [2.05, 4.69) is 5.32 Å². The lowest BCUT2D eigenvalue weighted by Gasteiger charge is -2.36. The summed E-state index contributed by atoms with van der Waals surface area (Å²) in [6.45, 7) is 5.53. The van der Waals surface area contributed by atoms with Crippen LogP contribution in [-0.4, -0.2) is 49.7 Å². The van der Waals surface area contributed by atoms with Crippen molar-refractivity contribution in [3.05, 3.63) is 53.3 Å². The Morgan fingerprint density at radius 1 is 1.03 bits per heavy atom. The zero-order chi connectivity index (χ0) is 21.3. The summed E-state index contributed by atoms with van der Waals surface area (Å²) in [5, 5.41) is 3.00. The lowest BCUT2D eigenvalue weighted by Crippen LogP contribution is -2.52. The molecule has 1 fully saturated rings. The number of hydrogen-bond acceptors (Lipinski definition) is 5. The molecule has 1 atom stereocenters. The molecule has 1 saturated heterocycles. The Labute approximate surface area is 174 Å². The second-order valence-corrected chi connectivity index (χ2v) is 7.48. The average Bonchev–Trinajstić information content (AvgIpc) is 3.21. The Morgan fingerprint density at radius 3 is 2.47 bits per heavy atom. The third-order valence-corrected chi connectivity index (χ3v) is 5.50. The number of nitrogens with zero attached hydrogens (tertiary/aromatic N) is 2. The van der Waals surface area contributed by atoms with Crippen molar-refractivity contribution in [2.75, 3.05) is 37.9 Å². The van der Waals surface area contributed by atoms with Gasteiger partial charge < -0.3 is 24.6 Å². The summed E-state index contributed by atoms with van der Waals surface area (Å²) in [6, 6.07) is 9.79. The first-order chi connectivity index (χ1) is 14.4. The van der Waals surface area contributed by atoms with Crippen LogP contribution in [0.2, 0.25) is 0 Å². The van der Waals surface area contributed by atoms with Crippen LogP contribution in [0.25, 0.3) is 0 Å². The zero-order valence-electron chi connectivity index (χ0n) is 17.0. The quantitative estimate of drug-likeness (QED) is 0.779. The standard InChI is InChI=1S/C22H24FN3O4/c1-14(16-4-6-20-21(12-16)30-13-29-20)24-22(28)26-9-7-25(8-10-26)19-5-3-17(15(2)27)11-18(19)23/h3-6,11-12,14H,7-10,13H2,1-2H3,(H,24,28). The highest BCUT2D eigenvalue weighted by Gasteiger charge is 2.25. The second-order valence-electron chi connectivity index (χ2n) is 7.48. The van der Waals surface area contributed by atoms with Gasteiger partial charge in [-0.3, -0.25) is 4.79 Å². The Bertz CT molecular complexity index is 973. The van der Waals surface area contributed by atoms with Crippen molar-refractivity contribution in [2.45, 2.75) is 19.9 Å². The van der Waals surface area contributed by atoms with Crippen molar-refractivity contribution in [3.8, 4) is 11.5 Å². The fourth-order valence-corrected chi connectivity index (χ4v) is 3.68. The van der Waals surface area contributed by atoms with Gasteiger partial charge in [0.05, 0.1) is 11.7 Å². The molecule has 2 aromatic carbocycles. The van der Waals surface area contributed by atoms with E-state index in [9.17, 15) is 14.0 Å². The number of urea groups is 1. The number of halogens is 1. The molecule has 2 amide bonds. The number of benzene rings is 2. The number of rotatable bonds is 4. The van der Waals surface area contributed by atoms with Gasteiger partial charge in [0.2, 0.25) is 6.79 Å². The Morgan fingerprint density at radius 2 is 1.77 bits per heavy atom. The molecule has 0 radical (unpaired) electrons. The summed E-state index contributed by atoms with van der Waals surface area (Å²) in [5.41, 5.74) is 1.74. The van der Waals surface area contributed by atoms with Gasteiger partial charge in [0.1, 0.15) is 5.82 Å². The van der Waals surface area contributed by atoms with Crippen molar-refractivity contribution < 1.29 is 23.5 Å². The molecule has 4 rings (SSSR count). The van der Waals surface area contributed by atoms with Gasteiger partial charge in [0.15, 0.2) is 17.3 Å². The monoisotopic (exact) mass is 413 g/mol. The van der Waals surface area contributed by atoms with Crippen molar-refractivity contribution in [3.63, 3.8) is 0 Å². The Kier molecular flexibility index (Phi) is 5.48. The maximum Gasteiger partial charge on any atom is 0.317 e. The molecular formula is C22H24FN3O4. The maximum atomic E-state index is 14.4. The van der Waals surface area contributed by atoms with E-state index in [1.807, 2.05) is 30.0 Å². The van der Waals surface area contributed by atoms with Crippen LogP contribution >= 0.6 is 0 Å². The third-order valence-electron chi connectivity index (χ3n) is 5.50. The number of carbonyl (C=O) groups excluding carboxylic acids is 2. The number of amides is 2. The summed E-state index contributed by atoms with van der Waals surface area (Å²) in [7, 11) is 0. The van der Waals surface area contributed by atoms with E-state index < -0.39 is 5.82 Å². The molecule has 7 nitrogen and oxygen atoms in total. The normalized spacial score (nSPS) is 16.4. The fourth-order valence-electron chi connectivity index (χ4n) is 3.68. The van der Waals surface area contributed by atoms with Crippen molar-refractivity contribution >= 4 is 17.5 Å². The fraction of sp³-hybridized carbons (Fsp3) is 0.364. The lowest BCUT2D eigenvalue weighted by atomic mass is 10.1. The Hall–Kier alpha value is -3.29. The van der Waals surface area contributed by atoms with Crippen molar-refractivity contribution in [1.29, 1.82) is 0 Å². The summed E-state index contributed by atoms with van der Waals surface area (Å²) in [4.78, 5) is 27.7. The summed E-state index contributed by atoms with van der Waals surface area (Å²) in [6.07, 6.45) is 0.